The topological polar surface area (TPSA) is 121 Å². The van der Waals surface area contributed by atoms with Gasteiger partial charge in [0.1, 0.15) is 11.5 Å². The van der Waals surface area contributed by atoms with Crippen molar-refractivity contribution in [2.75, 3.05) is 0 Å². The molecule has 0 unspecified atom stereocenters. The van der Waals surface area contributed by atoms with Gasteiger partial charge in [0, 0.05) is 33.4 Å². The molecule has 2 aliphatic carbocycles. The van der Waals surface area contributed by atoms with Crippen molar-refractivity contribution in [3.8, 4) is 11.5 Å². The highest BCUT2D eigenvalue weighted by Gasteiger charge is 2.37. The second-order valence-electron chi connectivity index (χ2n) is 21.4. The first kappa shape index (κ1) is 57.4. The van der Waals surface area contributed by atoms with Crippen LogP contribution >= 0.6 is 0 Å². The van der Waals surface area contributed by atoms with Crippen molar-refractivity contribution in [3.05, 3.63) is 163 Å². The van der Waals surface area contributed by atoms with Crippen LogP contribution in [0.5, 0.6) is 11.5 Å². The molecule has 2 aliphatic rings. The Morgan fingerprint density at radius 3 is 1.00 bits per heavy atom. The lowest BCUT2D eigenvalue weighted by Crippen LogP contribution is -2.25. The van der Waals surface area contributed by atoms with Crippen LogP contribution in [0.4, 0.5) is 0 Å². The van der Waals surface area contributed by atoms with Crippen LogP contribution in [0.1, 0.15) is 288 Å². The summed E-state index contributed by atoms with van der Waals surface area (Å²) < 4.78 is 12.7. The lowest BCUT2D eigenvalue weighted by molar-refractivity contribution is 0.0686. The molecule has 0 bridgehead atoms. The van der Waals surface area contributed by atoms with Gasteiger partial charge in [-0.25, -0.2) is 9.59 Å². The van der Waals surface area contributed by atoms with E-state index in [-0.39, 0.29) is 68.0 Å². The van der Waals surface area contributed by atoms with E-state index in [4.69, 9.17) is 9.47 Å². The Labute approximate surface area is 453 Å². The number of ether oxygens (including phenoxy) is 2. The molecule has 8 heteroatoms. The van der Waals surface area contributed by atoms with Crippen LogP contribution < -0.4 is 9.47 Å². The zero-order valence-corrected chi connectivity index (χ0v) is 46.1. The van der Waals surface area contributed by atoms with Gasteiger partial charge in [-0.2, -0.15) is 0 Å². The number of rotatable bonds is 32. The molecule has 0 spiro atoms. The van der Waals surface area contributed by atoms with Gasteiger partial charge < -0.3 is 9.47 Å². The summed E-state index contributed by atoms with van der Waals surface area (Å²) in [5, 5.41) is 0. The van der Waals surface area contributed by atoms with Gasteiger partial charge in [0.05, 0.1) is 22.3 Å². The lowest BCUT2D eigenvalue weighted by Gasteiger charge is -2.23. The monoisotopic (exact) mass is 1030 g/mol. The molecule has 402 valence electrons. The maximum Gasteiger partial charge on any atom is 0.344 e. The summed E-state index contributed by atoms with van der Waals surface area (Å²) >= 11 is 0. The van der Waals surface area contributed by atoms with Crippen LogP contribution in [0.25, 0.3) is 0 Å². The van der Waals surface area contributed by atoms with Crippen molar-refractivity contribution in [1.29, 1.82) is 0 Å². The van der Waals surface area contributed by atoms with Crippen molar-refractivity contribution >= 4 is 35.1 Å². The molecule has 0 heterocycles. The second-order valence-corrected chi connectivity index (χ2v) is 21.4. The smallest absolute Gasteiger partial charge is 0.344 e. The molecule has 0 aliphatic heterocycles. The highest BCUT2D eigenvalue weighted by molar-refractivity contribution is 6.30. The first-order chi connectivity index (χ1) is 37.1. The van der Waals surface area contributed by atoms with E-state index in [1.54, 1.807) is 48.5 Å². The van der Waals surface area contributed by atoms with Gasteiger partial charge in [0.2, 0.25) is 0 Å². The highest BCUT2D eigenvalue weighted by Crippen LogP contribution is 2.40. The normalized spacial score (nSPS) is 12.6. The quantitative estimate of drug-likeness (QED) is 0.0232. The second kappa shape index (κ2) is 29.3. The third-order valence-corrected chi connectivity index (χ3v) is 15.6. The molecule has 0 saturated heterocycles. The van der Waals surface area contributed by atoms with Gasteiger partial charge in [-0.05, 0) is 110 Å². The molecule has 0 aromatic heterocycles. The largest absolute Gasteiger partial charge is 0.422 e. The standard InChI is InChI=1S/C68H82O8/c1-5-9-13-17-21-25-31-47-37-41-51-57(45-47)63(71)59-55(61(51)69)43-39-49(33-27-23-19-15-11-7-3)65(59)75-67(73)53-35-29-30-36-54(53)68(74)76-66-50(34-28-24-20-16-12-8-4)40-44-56-60(66)64(72)58-46-48(38-42-52(58)62(56)70)32-26-22-18-14-10-6-2/h29-30,35-46H,5-28,31-34H2,1-4H3. The number of benzene rings is 5. The summed E-state index contributed by atoms with van der Waals surface area (Å²) in [6.07, 6.45) is 28.6. The summed E-state index contributed by atoms with van der Waals surface area (Å²) in [5.41, 5.74) is 4.70. The first-order valence-electron chi connectivity index (χ1n) is 29.4. The van der Waals surface area contributed by atoms with Crippen molar-refractivity contribution in [2.45, 2.75) is 207 Å². The molecule has 0 fully saturated rings. The van der Waals surface area contributed by atoms with Crippen LogP contribution in [-0.2, 0) is 25.7 Å². The van der Waals surface area contributed by atoms with Crippen molar-refractivity contribution in [2.24, 2.45) is 0 Å². The van der Waals surface area contributed by atoms with Crippen LogP contribution in [0.15, 0.2) is 84.9 Å². The average molecular weight is 1030 g/mol. The maximum absolute atomic E-state index is 14.8. The zero-order valence-electron chi connectivity index (χ0n) is 46.1. The average Bonchev–Trinajstić information content (AvgIpc) is 3.44. The number of esters is 2. The molecule has 5 aromatic rings. The summed E-state index contributed by atoms with van der Waals surface area (Å²) in [6.45, 7) is 8.76. The predicted molar refractivity (Wildman–Crippen MR) is 304 cm³/mol. The highest BCUT2D eigenvalue weighted by atomic mass is 16.5. The molecule has 8 nitrogen and oxygen atoms in total. The van der Waals surface area contributed by atoms with E-state index in [9.17, 15) is 28.8 Å². The van der Waals surface area contributed by atoms with E-state index in [1.165, 1.54) is 50.7 Å². The van der Waals surface area contributed by atoms with E-state index in [2.05, 4.69) is 27.7 Å². The predicted octanol–water partition coefficient (Wildman–Crippen LogP) is 17.3. The molecular formula is C68H82O8. The Morgan fingerprint density at radius 2 is 0.645 bits per heavy atom. The van der Waals surface area contributed by atoms with Crippen molar-refractivity contribution in [1.82, 2.24) is 0 Å². The molecule has 7 rings (SSSR count). The molecule has 0 amide bonds. The lowest BCUT2D eigenvalue weighted by atomic mass is 9.81. The van der Waals surface area contributed by atoms with Crippen LogP contribution in [0.3, 0.4) is 0 Å². The summed E-state index contributed by atoms with van der Waals surface area (Å²) in [4.78, 5) is 87.8. The molecule has 0 saturated carbocycles. The number of aryl methyl sites for hydroxylation is 4. The summed E-state index contributed by atoms with van der Waals surface area (Å²) in [5.74, 6) is -3.11. The maximum atomic E-state index is 14.8. The molecule has 0 atom stereocenters. The number of hydrogen-bond acceptors (Lipinski definition) is 8. The molecule has 76 heavy (non-hydrogen) atoms. The Morgan fingerprint density at radius 1 is 0.329 bits per heavy atom. The van der Waals surface area contributed by atoms with Gasteiger partial charge in [0.25, 0.3) is 0 Å². The molecule has 5 aromatic carbocycles. The Hall–Kier alpha value is -6.28. The van der Waals surface area contributed by atoms with Gasteiger partial charge in [-0.1, -0.05) is 205 Å². The SMILES string of the molecule is CCCCCCCCc1ccc2c(c1)C(=O)c1c(ccc(CCCCCCCC)c1OC(=O)c1ccccc1C(=O)Oc1c(CCCCCCCC)ccc3c1C(=O)c1cc(CCCCCCCC)ccc1C3=O)C2=O. The Bertz CT molecular complexity index is 2660. The fourth-order valence-electron chi connectivity index (χ4n) is 11.1. The molecule has 0 radical (unpaired) electrons. The third kappa shape index (κ3) is 14.4. The van der Waals surface area contributed by atoms with E-state index in [0.29, 0.717) is 46.2 Å². The fourth-order valence-corrected chi connectivity index (χ4v) is 11.1. The zero-order chi connectivity index (χ0) is 53.8. The number of ketones is 4. The summed E-state index contributed by atoms with van der Waals surface area (Å²) in [7, 11) is 0. The third-order valence-electron chi connectivity index (χ3n) is 15.6. The van der Waals surface area contributed by atoms with Gasteiger partial charge in [-0.3, -0.25) is 19.2 Å². The first-order valence-corrected chi connectivity index (χ1v) is 29.4. The minimum atomic E-state index is -0.895. The number of fused-ring (bicyclic) bond motifs is 4. The van der Waals surface area contributed by atoms with E-state index in [0.717, 1.165) is 140 Å². The number of unbranched alkanes of at least 4 members (excludes halogenated alkanes) is 20. The van der Waals surface area contributed by atoms with Gasteiger partial charge in [-0.15, -0.1) is 0 Å². The minimum Gasteiger partial charge on any atom is -0.422 e. The Kier molecular flexibility index (Phi) is 22.1. The van der Waals surface area contributed by atoms with Crippen LogP contribution in [-0.4, -0.2) is 35.1 Å². The number of carbonyl (C=O) groups is 6. The Balaban J connectivity index is 1.20. The van der Waals surface area contributed by atoms with Crippen molar-refractivity contribution < 1.29 is 38.2 Å². The van der Waals surface area contributed by atoms with E-state index >= 15 is 0 Å². The van der Waals surface area contributed by atoms with Gasteiger partial charge >= 0.3 is 11.9 Å². The number of carbonyl (C=O) groups excluding carboxylic acids is 6. The van der Waals surface area contributed by atoms with Crippen molar-refractivity contribution in [3.63, 3.8) is 0 Å². The fraction of sp³-hybridized carbons (Fsp3) is 0.471. The van der Waals surface area contributed by atoms with Crippen LogP contribution in [0, 0.1) is 0 Å². The van der Waals surface area contributed by atoms with E-state index in [1.807, 2.05) is 24.3 Å². The summed E-state index contributed by atoms with van der Waals surface area (Å²) in [6, 6.07) is 24.2. The van der Waals surface area contributed by atoms with E-state index < -0.39 is 11.9 Å². The number of hydrogen-bond donors (Lipinski definition) is 0. The minimum absolute atomic E-state index is 0.0292. The molecule has 0 N–H and O–H groups in total. The van der Waals surface area contributed by atoms with Crippen LogP contribution in [0.2, 0.25) is 0 Å². The molecular weight excluding hydrogens is 945 g/mol. The van der Waals surface area contributed by atoms with Gasteiger partial charge in [0.15, 0.2) is 23.1 Å².